The number of H-pyrrole nitrogens is 1. The van der Waals surface area contributed by atoms with Gasteiger partial charge in [0.15, 0.2) is 5.82 Å². The minimum atomic E-state index is -0.118. The third-order valence-electron chi connectivity index (χ3n) is 4.94. The van der Waals surface area contributed by atoms with E-state index in [-0.39, 0.29) is 11.9 Å². The molecule has 3 aromatic rings. The number of urea groups is 1. The highest BCUT2D eigenvalue weighted by Gasteiger charge is 2.28. The standard InChI is InChI=1S/C19H23N7O/c1-13-21-17(24-23-13)15-9-6-10-26(12-15)19(27)22-18-16(11-20-25(18)2)14-7-4-3-5-8-14/h3-5,7-8,11,15H,6,9-10,12H2,1-2H3,(H,22,27)(H,21,23,24). The van der Waals surface area contributed by atoms with E-state index in [1.807, 2.05) is 49.2 Å². The zero-order chi connectivity index (χ0) is 18.8. The van der Waals surface area contributed by atoms with Gasteiger partial charge in [0.1, 0.15) is 11.6 Å². The Morgan fingerprint density at radius 2 is 2.11 bits per heavy atom. The summed E-state index contributed by atoms with van der Waals surface area (Å²) in [6.07, 6.45) is 3.70. The number of hydrogen-bond donors (Lipinski definition) is 2. The Morgan fingerprint density at radius 1 is 1.30 bits per heavy atom. The van der Waals surface area contributed by atoms with Crippen LogP contribution in [0.15, 0.2) is 36.5 Å². The van der Waals surface area contributed by atoms with E-state index in [2.05, 4.69) is 25.6 Å². The molecule has 2 aromatic heterocycles. The Bertz CT molecular complexity index is 931. The molecule has 0 radical (unpaired) electrons. The van der Waals surface area contributed by atoms with Crippen molar-refractivity contribution in [3.8, 4) is 11.1 Å². The molecule has 1 aliphatic heterocycles. The summed E-state index contributed by atoms with van der Waals surface area (Å²) in [5.41, 5.74) is 1.93. The summed E-state index contributed by atoms with van der Waals surface area (Å²) in [5.74, 6) is 2.45. The first-order valence-corrected chi connectivity index (χ1v) is 9.14. The zero-order valence-electron chi connectivity index (χ0n) is 15.5. The fourth-order valence-electron chi connectivity index (χ4n) is 3.51. The summed E-state index contributed by atoms with van der Waals surface area (Å²) in [6, 6.07) is 9.82. The van der Waals surface area contributed by atoms with Crippen molar-refractivity contribution in [3.05, 3.63) is 48.2 Å². The van der Waals surface area contributed by atoms with E-state index in [0.29, 0.717) is 12.4 Å². The van der Waals surface area contributed by atoms with Crippen molar-refractivity contribution in [1.29, 1.82) is 0 Å². The van der Waals surface area contributed by atoms with Crippen molar-refractivity contribution >= 4 is 11.8 Å². The van der Waals surface area contributed by atoms with Crippen LogP contribution in [0.1, 0.15) is 30.4 Å². The predicted octanol–water partition coefficient (Wildman–Crippen LogP) is 2.93. The molecular weight excluding hydrogens is 342 g/mol. The topological polar surface area (TPSA) is 91.7 Å². The maximum Gasteiger partial charge on any atom is 0.323 e. The van der Waals surface area contributed by atoms with Gasteiger partial charge in [0, 0.05) is 31.6 Å². The summed E-state index contributed by atoms with van der Waals surface area (Å²) in [7, 11) is 1.83. The van der Waals surface area contributed by atoms with Crippen molar-refractivity contribution in [2.45, 2.75) is 25.7 Å². The molecule has 0 spiro atoms. The molecule has 2 N–H and O–H groups in total. The largest absolute Gasteiger partial charge is 0.324 e. The van der Waals surface area contributed by atoms with Gasteiger partial charge in [0.05, 0.1) is 6.20 Å². The Kier molecular flexibility index (Phi) is 4.62. The molecule has 0 saturated carbocycles. The monoisotopic (exact) mass is 365 g/mol. The molecule has 1 atom stereocenters. The first-order chi connectivity index (χ1) is 13.1. The van der Waals surface area contributed by atoms with Gasteiger partial charge in [-0.15, -0.1) is 0 Å². The molecule has 8 nitrogen and oxygen atoms in total. The van der Waals surface area contributed by atoms with Crippen molar-refractivity contribution < 1.29 is 4.79 Å². The number of nitrogens with zero attached hydrogens (tertiary/aromatic N) is 5. The van der Waals surface area contributed by atoms with Crippen LogP contribution in [0.2, 0.25) is 0 Å². The van der Waals surface area contributed by atoms with Gasteiger partial charge < -0.3 is 4.90 Å². The van der Waals surface area contributed by atoms with E-state index in [1.165, 1.54) is 0 Å². The summed E-state index contributed by atoms with van der Waals surface area (Å²) in [5, 5.41) is 14.5. The van der Waals surface area contributed by atoms with Crippen LogP contribution in [0.5, 0.6) is 0 Å². The summed E-state index contributed by atoms with van der Waals surface area (Å²) < 4.78 is 1.69. The van der Waals surface area contributed by atoms with Gasteiger partial charge in [-0.25, -0.2) is 9.78 Å². The lowest BCUT2D eigenvalue weighted by atomic mass is 9.97. The molecule has 140 valence electrons. The zero-order valence-corrected chi connectivity index (χ0v) is 15.5. The van der Waals surface area contributed by atoms with Gasteiger partial charge in [-0.1, -0.05) is 30.3 Å². The predicted molar refractivity (Wildman–Crippen MR) is 102 cm³/mol. The summed E-state index contributed by atoms with van der Waals surface area (Å²) in [4.78, 5) is 19.2. The molecule has 2 amide bonds. The number of aryl methyl sites for hydroxylation is 2. The third-order valence-corrected chi connectivity index (χ3v) is 4.94. The molecular formula is C19H23N7O. The first kappa shape index (κ1) is 17.3. The highest BCUT2D eigenvalue weighted by molar-refractivity contribution is 5.93. The second-order valence-electron chi connectivity index (χ2n) is 6.89. The Hall–Kier alpha value is -3.16. The Balaban J connectivity index is 1.50. The van der Waals surface area contributed by atoms with Crippen LogP contribution in [0.3, 0.4) is 0 Å². The number of nitrogens with one attached hydrogen (secondary N) is 2. The van der Waals surface area contributed by atoms with E-state index in [9.17, 15) is 4.79 Å². The van der Waals surface area contributed by atoms with Gasteiger partial charge in [-0.05, 0) is 25.3 Å². The number of carbonyl (C=O) groups excluding carboxylic acids is 1. The van der Waals surface area contributed by atoms with E-state index in [1.54, 1.807) is 10.9 Å². The number of carbonyl (C=O) groups is 1. The van der Waals surface area contributed by atoms with Gasteiger partial charge in [-0.3, -0.25) is 15.1 Å². The van der Waals surface area contributed by atoms with Crippen LogP contribution in [-0.4, -0.2) is 49.0 Å². The van der Waals surface area contributed by atoms with E-state index >= 15 is 0 Å². The lowest BCUT2D eigenvalue weighted by Gasteiger charge is -2.31. The highest BCUT2D eigenvalue weighted by atomic mass is 16.2. The van der Waals surface area contributed by atoms with Gasteiger partial charge in [-0.2, -0.15) is 10.2 Å². The third kappa shape index (κ3) is 3.55. The Labute approximate surface area is 157 Å². The molecule has 4 rings (SSSR count). The van der Waals surface area contributed by atoms with Crippen molar-refractivity contribution in [1.82, 2.24) is 29.9 Å². The van der Waals surface area contributed by atoms with E-state index < -0.39 is 0 Å². The van der Waals surface area contributed by atoms with Crippen LogP contribution in [0, 0.1) is 6.92 Å². The number of aromatic nitrogens is 5. The minimum absolute atomic E-state index is 0.118. The molecule has 27 heavy (non-hydrogen) atoms. The molecule has 3 heterocycles. The average Bonchev–Trinajstić information content (AvgIpc) is 3.29. The van der Waals surface area contributed by atoms with Gasteiger partial charge in [0.25, 0.3) is 0 Å². The maximum absolute atomic E-state index is 12.9. The summed E-state index contributed by atoms with van der Waals surface area (Å²) >= 11 is 0. The Morgan fingerprint density at radius 3 is 2.85 bits per heavy atom. The first-order valence-electron chi connectivity index (χ1n) is 9.14. The molecule has 1 aromatic carbocycles. The lowest BCUT2D eigenvalue weighted by Crippen LogP contribution is -2.42. The molecule has 0 aliphatic carbocycles. The van der Waals surface area contributed by atoms with Crippen molar-refractivity contribution in [2.24, 2.45) is 7.05 Å². The van der Waals surface area contributed by atoms with Crippen LogP contribution >= 0.6 is 0 Å². The van der Waals surface area contributed by atoms with Gasteiger partial charge in [0.2, 0.25) is 0 Å². The minimum Gasteiger partial charge on any atom is -0.324 e. The molecule has 8 heteroatoms. The van der Waals surface area contributed by atoms with Crippen molar-refractivity contribution in [2.75, 3.05) is 18.4 Å². The molecule has 1 aliphatic rings. The fraction of sp³-hybridized carbons (Fsp3) is 0.368. The molecule has 1 unspecified atom stereocenters. The van der Waals surface area contributed by atoms with Crippen LogP contribution in [-0.2, 0) is 7.05 Å². The molecule has 1 saturated heterocycles. The SMILES string of the molecule is Cc1nc(C2CCCN(C(=O)Nc3c(-c4ccccc4)cnn3C)C2)n[nH]1. The molecule has 1 fully saturated rings. The van der Waals surface area contributed by atoms with Crippen molar-refractivity contribution in [3.63, 3.8) is 0 Å². The highest BCUT2D eigenvalue weighted by Crippen LogP contribution is 2.29. The van der Waals surface area contributed by atoms with E-state index in [0.717, 1.165) is 42.2 Å². The summed E-state index contributed by atoms with van der Waals surface area (Å²) in [6.45, 7) is 3.23. The van der Waals surface area contributed by atoms with Gasteiger partial charge >= 0.3 is 6.03 Å². The lowest BCUT2D eigenvalue weighted by molar-refractivity contribution is 0.191. The number of hydrogen-bond acceptors (Lipinski definition) is 4. The fourth-order valence-corrected chi connectivity index (χ4v) is 3.51. The molecule has 0 bridgehead atoms. The van der Waals surface area contributed by atoms with Crippen LogP contribution < -0.4 is 5.32 Å². The number of anilines is 1. The number of benzene rings is 1. The number of piperidine rings is 1. The number of rotatable bonds is 3. The quantitative estimate of drug-likeness (QED) is 0.746. The smallest absolute Gasteiger partial charge is 0.323 e. The normalized spacial score (nSPS) is 17.1. The number of aromatic amines is 1. The second-order valence-corrected chi connectivity index (χ2v) is 6.89. The number of amides is 2. The number of likely N-dealkylation sites (tertiary alicyclic amines) is 1. The van der Waals surface area contributed by atoms with E-state index in [4.69, 9.17) is 0 Å². The second kappa shape index (κ2) is 7.22. The van der Waals surface area contributed by atoms with Crippen LogP contribution in [0.4, 0.5) is 10.6 Å². The average molecular weight is 365 g/mol. The van der Waals surface area contributed by atoms with Crippen LogP contribution in [0.25, 0.3) is 11.1 Å². The maximum atomic E-state index is 12.9.